The summed E-state index contributed by atoms with van der Waals surface area (Å²) in [4.78, 5) is 0. The molecule has 1 aliphatic rings. The predicted octanol–water partition coefficient (Wildman–Crippen LogP) is 4.33. The van der Waals surface area contributed by atoms with Crippen LogP contribution < -0.4 is 0 Å². The van der Waals surface area contributed by atoms with Crippen molar-refractivity contribution in [1.29, 1.82) is 0 Å². The first-order valence-corrected chi connectivity index (χ1v) is 7.02. The number of allylic oxidation sites excluding steroid dienone is 2. The highest BCUT2D eigenvalue weighted by Gasteiger charge is 2.12. The van der Waals surface area contributed by atoms with Crippen LogP contribution in [0.3, 0.4) is 0 Å². The van der Waals surface area contributed by atoms with Crippen molar-refractivity contribution in [2.45, 2.75) is 45.0 Å². The minimum absolute atomic E-state index is 0.157. The van der Waals surface area contributed by atoms with Crippen LogP contribution in [0.2, 0.25) is 0 Å². The Bertz CT molecular complexity index is 259. The van der Waals surface area contributed by atoms with Crippen molar-refractivity contribution in [1.82, 2.24) is 0 Å². The van der Waals surface area contributed by atoms with Gasteiger partial charge < -0.3 is 9.47 Å². The number of unbranched alkanes of at least 4 members (excludes halogenated alkanes) is 2. The maximum absolute atomic E-state index is 5.83. The molecule has 2 nitrogen and oxygen atoms in total. The predicted molar refractivity (Wildman–Crippen MR) is 75.3 cm³/mol. The van der Waals surface area contributed by atoms with Gasteiger partial charge in [-0.1, -0.05) is 54.9 Å². The van der Waals surface area contributed by atoms with E-state index in [1.807, 2.05) is 22.3 Å². The number of ether oxygens (including phenoxy) is 2. The maximum atomic E-state index is 5.83. The van der Waals surface area contributed by atoms with Gasteiger partial charge in [0.05, 0.1) is 12.4 Å². The van der Waals surface area contributed by atoms with Gasteiger partial charge in [-0.3, -0.25) is 0 Å². The molecule has 0 fully saturated rings. The van der Waals surface area contributed by atoms with Gasteiger partial charge in [0.1, 0.15) is 0 Å². The first-order valence-electron chi connectivity index (χ1n) is 5.78. The molecule has 0 bridgehead atoms. The summed E-state index contributed by atoms with van der Waals surface area (Å²) in [5.41, 5.74) is 0. The van der Waals surface area contributed by atoms with E-state index in [1.54, 1.807) is 6.26 Å². The Labute approximate surface area is 112 Å². The molecule has 16 heavy (non-hydrogen) atoms. The van der Waals surface area contributed by atoms with Crippen molar-refractivity contribution in [3.05, 3.63) is 34.6 Å². The Hall–Kier alpha value is -0.290. The van der Waals surface area contributed by atoms with Gasteiger partial charge in [-0.25, -0.2) is 0 Å². The fraction of sp³-hybridized carbons (Fsp3) is 0.538. The zero-order valence-electron chi connectivity index (χ0n) is 9.64. The molecule has 1 rings (SSSR count). The molecule has 0 amide bonds. The number of hydrogen-bond donors (Lipinski definition) is 0. The zero-order chi connectivity index (χ0) is 11.6. The first-order chi connectivity index (χ1) is 7.86. The number of rotatable bonds is 7. The molecule has 2 unspecified atom stereocenters. The lowest BCUT2D eigenvalue weighted by atomic mass is 10.1. The van der Waals surface area contributed by atoms with Gasteiger partial charge in [0, 0.05) is 0 Å². The number of halogens is 1. The van der Waals surface area contributed by atoms with E-state index in [1.165, 1.54) is 19.3 Å². The second-order valence-corrected chi connectivity index (χ2v) is 4.43. The molecule has 1 aliphatic heterocycles. The van der Waals surface area contributed by atoms with E-state index in [0.29, 0.717) is 0 Å². The monoisotopic (exact) mass is 334 g/mol. The zero-order valence-corrected chi connectivity index (χ0v) is 11.8. The molecule has 0 aliphatic carbocycles. The van der Waals surface area contributed by atoms with E-state index >= 15 is 0 Å². The fourth-order valence-electron chi connectivity index (χ4n) is 1.50. The van der Waals surface area contributed by atoms with Crippen LogP contribution in [0.25, 0.3) is 0 Å². The Balaban J connectivity index is 2.32. The molecular weight excluding hydrogens is 315 g/mol. The van der Waals surface area contributed by atoms with Crippen LogP contribution in [0.1, 0.15) is 32.6 Å². The van der Waals surface area contributed by atoms with Gasteiger partial charge in [-0.2, -0.15) is 0 Å². The summed E-state index contributed by atoms with van der Waals surface area (Å²) in [6.45, 7) is 2.21. The summed E-state index contributed by atoms with van der Waals surface area (Å²) in [6.07, 6.45) is 14.2. The molecule has 0 aromatic rings. The minimum Gasteiger partial charge on any atom is -0.469 e. The van der Waals surface area contributed by atoms with Crippen LogP contribution >= 0.6 is 22.6 Å². The Morgan fingerprint density at radius 2 is 2.31 bits per heavy atom. The van der Waals surface area contributed by atoms with Gasteiger partial charge in [-0.05, 0) is 28.7 Å². The van der Waals surface area contributed by atoms with Crippen LogP contribution in [0.15, 0.2) is 34.6 Å². The Morgan fingerprint density at radius 1 is 1.44 bits per heavy atom. The lowest BCUT2D eigenvalue weighted by Crippen LogP contribution is -2.21. The molecule has 90 valence electrons. The minimum atomic E-state index is -0.232. The lowest BCUT2D eigenvalue weighted by molar-refractivity contribution is -0.0996. The van der Waals surface area contributed by atoms with Crippen molar-refractivity contribution in [2.75, 3.05) is 0 Å². The van der Waals surface area contributed by atoms with Crippen molar-refractivity contribution in [3.63, 3.8) is 0 Å². The van der Waals surface area contributed by atoms with E-state index < -0.39 is 0 Å². The molecule has 0 saturated heterocycles. The molecule has 3 heteroatoms. The summed E-state index contributed by atoms with van der Waals surface area (Å²) < 4.78 is 13.2. The Kier molecular flexibility index (Phi) is 7.59. The van der Waals surface area contributed by atoms with Gasteiger partial charge in [0.2, 0.25) is 6.29 Å². The molecule has 0 spiro atoms. The number of hydrogen-bond acceptors (Lipinski definition) is 2. The summed E-state index contributed by atoms with van der Waals surface area (Å²) in [6, 6.07) is 0. The second-order valence-electron chi connectivity index (χ2n) is 3.71. The highest BCUT2D eigenvalue weighted by Crippen LogP contribution is 2.14. The van der Waals surface area contributed by atoms with Crippen molar-refractivity contribution in [2.24, 2.45) is 0 Å². The average molecular weight is 334 g/mol. The van der Waals surface area contributed by atoms with Crippen LogP contribution in [0, 0.1) is 0 Å². The molecule has 0 radical (unpaired) electrons. The smallest absolute Gasteiger partial charge is 0.219 e. The molecule has 0 aromatic heterocycles. The van der Waals surface area contributed by atoms with Gasteiger partial charge in [0.15, 0.2) is 0 Å². The normalized spacial score (nSPS) is 21.2. The summed E-state index contributed by atoms with van der Waals surface area (Å²) in [5.74, 6) is 0. The van der Waals surface area contributed by atoms with Crippen molar-refractivity contribution < 1.29 is 9.47 Å². The third-order valence-electron chi connectivity index (χ3n) is 2.36. The topological polar surface area (TPSA) is 18.5 Å². The average Bonchev–Trinajstić information content (AvgIpc) is 2.31. The van der Waals surface area contributed by atoms with Crippen LogP contribution in [-0.2, 0) is 9.47 Å². The van der Waals surface area contributed by atoms with E-state index in [2.05, 4.69) is 35.6 Å². The molecular formula is C13H19IO2. The van der Waals surface area contributed by atoms with Crippen molar-refractivity contribution >= 4 is 22.6 Å². The van der Waals surface area contributed by atoms with E-state index in [9.17, 15) is 0 Å². The summed E-state index contributed by atoms with van der Waals surface area (Å²) >= 11 is 2.22. The molecule has 2 atom stereocenters. The first kappa shape index (κ1) is 13.8. The van der Waals surface area contributed by atoms with Gasteiger partial charge in [0.25, 0.3) is 0 Å². The lowest BCUT2D eigenvalue weighted by Gasteiger charge is -2.21. The van der Waals surface area contributed by atoms with Crippen LogP contribution in [0.4, 0.5) is 0 Å². The molecule has 0 N–H and O–H groups in total. The quantitative estimate of drug-likeness (QED) is 0.510. The van der Waals surface area contributed by atoms with Crippen LogP contribution in [0.5, 0.6) is 0 Å². The van der Waals surface area contributed by atoms with Crippen LogP contribution in [-0.4, -0.2) is 12.4 Å². The molecule has 0 aromatic carbocycles. The van der Waals surface area contributed by atoms with E-state index in [-0.39, 0.29) is 12.4 Å². The van der Waals surface area contributed by atoms with E-state index in [4.69, 9.17) is 9.47 Å². The Morgan fingerprint density at radius 3 is 2.94 bits per heavy atom. The summed E-state index contributed by atoms with van der Waals surface area (Å²) in [7, 11) is 0. The second kappa shape index (κ2) is 8.82. The third kappa shape index (κ3) is 5.70. The van der Waals surface area contributed by atoms with Crippen molar-refractivity contribution in [3.8, 4) is 0 Å². The fourth-order valence-corrected chi connectivity index (χ4v) is 1.97. The third-order valence-corrected chi connectivity index (χ3v) is 2.77. The molecule has 1 heterocycles. The largest absolute Gasteiger partial charge is 0.469 e. The van der Waals surface area contributed by atoms with Gasteiger partial charge in [-0.15, -0.1) is 0 Å². The highest BCUT2D eigenvalue weighted by atomic mass is 127. The SMILES string of the molecule is CCCCCC(C=CI)OC1C=CC=CO1. The summed E-state index contributed by atoms with van der Waals surface area (Å²) in [5, 5.41) is 0. The maximum Gasteiger partial charge on any atom is 0.219 e. The van der Waals surface area contributed by atoms with Gasteiger partial charge >= 0.3 is 0 Å². The highest BCUT2D eigenvalue weighted by molar-refractivity contribution is 14.1. The molecule has 0 saturated carbocycles. The van der Waals surface area contributed by atoms with E-state index in [0.717, 1.165) is 6.42 Å². The standard InChI is InChI=1S/C13H19IO2/c1-2-3-4-7-12(9-10-14)16-13-8-5-6-11-15-13/h5-6,8-13H,2-4,7H2,1H3.